The van der Waals surface area contributed by atoms with Gasteiger partial charge in [-0.25, -0.2) is 8.42 Å². The first-order valence-corrected chi connectivity index (χ1v) is 8.25. The largest absolute Gasteiger partial charge is 0.316 e. The molecule has 0 radical (unpaired) electrons. The van der Waals surface area contributed by atoms with Crippen LogP contribution in [0, 0.1) is 0 Å². The summed E-state index contributed by atoms with van der Waals surface area (Å²) < 4.78 is 24.3. The first kappa shape index (κ1) is 12.5. The lowest BCUT2D eigenvalue weighted by molar-refractivity contribution is 0.594. The predicted molar refractivity (Wildman–Crippen MR) is 71.9 cm³/mol. The Bertz CT molecular complexity index is 560. The molecular weight excluding hydrogens is 270 g/mol. The number of rotatable bonds is 3. The van der Waals surface area contributed by atoms with Crippen LogP contribution in [0.1, 0.15) is 30.7 Å². The third kappa shape index (κ3) is 2.17. The Balaban J connectivity index is 1.93. The molecular formula is C13H16ClNO2S. The van der Waals surface area contributed by atoms with Gasteiger partial charge in [-0.3, -0.25) is 0 Å². The number of hydrogen-bond acceptors (Lipinski definition) is 3. The zero-order chi connectivity index (χ0) is 12.8. The van der Waals surface area contributed by atoms with E-state index in [-0.39, 0.29) is 5.25 Å². The summed E-state index contributed by atoms with van der Waals surface area (Å²) in [5, 5.41) is 3.48. The van der Waals surface area contributed by atoms with Crippen LogP contribution in [0.4, 0.5) is 0 Å². The molecule has 0 aromatic heterocycles. The predicted octanol–water partition coefficient (Wildman–Crippen LogP) is 2.35. The summed E-state index contributed by atoms with van der Waals surface area (Å²) in [6.07, 6.45) is 2.63. The maximum absolute atomic E-state index is 12.2. The van der Waals surface area contributed by atoms with Crippen molar-refractivity contribution in [1.82, 2.24) is 5.32 Å². The number of nitrogens with one attached hydrogen (secondary N) is 1. The van der Waals surface area contributed by atoms with Crippen molar-refractivity contribution in [1.29, 1.82) is 0 Å². The highest BCUT2D eigenvalue weighted by atomic mass is 35.5. The summed E-state index contributed by atoms with van der Waals surface area (Å²) in [6.45, 7) is 1.97. The van der Waals surface area contributed by atoms with Crippen molar-refractivity contribution in [2.24, 2.45) is 0 Å². The van der Waals surface area contributed by atoms with E-state index in [1.807, 2.05) is 12.1 Å². The minimum absolute atomic E-state index is 0.200. The van der Waals surface area contributed by atoms with E-state index in [0.717, 1.165) is 37.9 Å². The summed E-state index contributed by atoms with van der Waals surface area (Å²) in [5.74, 6) is 0.458. The van der Waals surface area contributed by atoms with Gasteiger partial charge in [0.1, 0.15) is 0 Å². The van der Waals surface area contributed by atoms with Crippen LogP contribution in [0.3, 0.4) is 0 Å². The van der Waals surface area contributed by atoms with E-state index < -0.39 is 9.84 Å². The molecule has 1 atom stereocenters. The molecule has 98 valence electrons. The highest BCUT2D eigenvalue weighted by molar-refractivity contribution is 7.92. The van der Waals surface area contributed by atoms with Crippen molar-refractivity contribution in [3.8, 4) is 0 Å². The van der Waals surface area contributed by atoms with Crippen LogP contribution >= 0.6 is 11.6 Å². The van der Waals surface area contributed by atoms with Gasteiger partial charge in [0.15, 0.2) is 9.84 Å². The molecule has 0 amide bonds. The molecule has 2 aliphatic rings. The van der Waals surface area contributed by atoms with Crippen molar-refractivity contribution < 1.29 is 8.42 Å². The standard InChI is InChI=1S/C13H16ClNO2S/c14-12-7-9(10-5-6-15-8-10)1-4-13(12)18(16,17)11-2-3-11/h1,4,7,10-11,15H,2-3,5-6,8H2. The molecule has 1 saturated heterocycles. The normalized spacial score (nSPS) is 24.4. The molecule has 1 aromatic rings. The van der Waals surface area contributed by atoms with E-state index in [1.165, 1.54) is 0 Å². The van der Waals surface area contributed by atoms with E-state index in [1.54, 1.807) is 6.07 Å². The lowest BCUT2D eigenvalue weighted by atomic mass is 9.99. The van der Waals surface area contributed by atoms with Gasteiger partial charge in [-0.05, 0) is 49.4 Å². The van der Waals surface area contributed by atoms with Gasteiger partial charge in [0.25, 0.3) is 0 Å². The zero-order valence-corrected chi connectivity index (χ0v) is 11.6. The van der Waals surface area contributed by atoms with Crippen LogP contribution in [0.2, 0.25) is 5.02 Å². The van der Waals surface area contributed by atoms with Crippen LogP contribution in [0.5, 0.6) is 0 Å². The monoisotopic (exact) mass is 285 g/mol. The third-order valence-electron chi connectivity index (χ3n) is 3.76. The molecule has 1 aliphatic carbocycles. The first-order valence-electron chi connectivity index (χ1n) is 6.33. The Morgan fingerprint density at radius 2 is 2.00 bits per heavy atom. The lowest BCUT2D eigenvalue weighted by Crippen LogP contribution is -2.10. The van der Waals surface area contributed by atoms with Gasteiger partial charge >= 0.3 is 0 Å². The fourth-order valence-electron chi connectivity index (χ4n) is 2.50. The van der Waals surface area contributed by atoms with Crippen molar-refractivity contribution in [2.75, 3.05) is 13.1 Å². The van der Waals surface area contributed by atoms with Gasteiger partial charge in [-0.1, -0.05) is 17.7 Å². The SMILES string of the molecule is O=S(=O)(c1ccc(C2CCNC2)cc1Cl)C1CC1. The molecule has 0 bridgehead atoms. The van der Waals surface area contributed by atoms with Crippen molar-refractivity contribution in [2.45, 2.75) is 35.3 Å². The third-order valence-corrected chi connectivity index (χ3v) is 6.50. The fraction of sp³-hybridized carbons (Fsp3) is 0.538. The van der Waals surface area contributed by atoms with Crippen LogP contribution in [-0.2, 0) is 9.84 Å². The summed E-state index contributed by atoms with van der Waals surface area (Å²) in [6, 6.07) is 5.43. The Morgan fingerprint density at radius 3 is 2.56 bits per heavy atom. The summed E-state index contributed by atoms with van der Waals surface area (Å²) in [7, 11) is -3.18. The highest BCUT2D eigenvalue weighted by Crippen LogP contribution is 2.37. The van der Waals surface area contributed by atoms with Crippen molar-refractivity contribution >= 4 is 21.4 Å². The minimum Gasteiger partial charge on any atom is -0.316 e. The lowest BCUT2D eigenvalue weighted by Gasteiger charge is -2.11. The Kier molecular flexibility index (Phi) is 3.12. The average Bonchev–Trinajstić information content (AvgIpc) is 3.06. The highest BCUT2D eigenvalue weighted by Gasteiger charge is 2.38. The molecule has 1 saturated carbocycles. The van der Waals surface area contributed by atoms with Gasteiger partial charge in [-0.15, -0.1) is 0 Å². The fourth-order valence-corrected chi connectivity index (χ4v) is 4.71. The molecule has 1 aromatic carbocycles. The summed E-state index contributed by atoms with van der Waals surface area (Å²) in [4.78, 5) is 0.307. The molecule has 0 spiro atoms. The molecule has 3 rings (SSSR count). The number of benzene rings is 1. The Labute approximate surface area is 112 Å². The maximum Gasteiger partial charge on any atom is 0.182 e. The van der Waals surface area contributed by atoms with Crippen molar-refractivity contribution in [3.63, 3.8) is 0 Å². The van der Waals surface area contributed by atoms with Crippen LogP contribution < -0.4 is 5.32 Å². The topological polar surface area (TPSA) is 46.2 Å². The van der Waals surface area contributed by atoms with Gasteiger partial charge in [0.2, 0.25) is 0 Å². The minimum atomic E-state index is -3.18. The van der Waals surface area contributed by atoms with E-state index in [0.29, 0.717) is 15.8 Å². The molecule has 1 unspecified atom stereocenters. The van der Waals surface area contributed by atoms with Crippen LogP contribution in [0.15, 0.2) is 23.1 Å². The summed E-state index contributed by atoms with van der Waals surface area (Å²) in [5.41, 5.74) is 1.14. The molecule has 1 heterocycles. The van der Waals surface area contributed by atoms with Gasteiger partial charge in [-0.2, -0.15) is 0 Å². The van der Waals surface area contributed by atoms with Crippen molar-refractivity contribution in [3.05, 3.63) is 28.8 Å². The van der Waals surface area contributed by atoms with E-state index in [9.17, 15) is 8.42 Å². The average molecular weight is 286 g/mol. The van der Waals surface area contributed by atoms with Crippen LogP contribution in [-0.4, -0.2) is 26.8 Å². The molecule has 18 heavy (non-hydrogen) atoms. The Hall–Kier alpha value is -0.580. The summed E-state index contributed by atoms with van der Waals surface area (Å²) >= 11 is 6.16. The van der Waals surface area contributed by atoms with E-state index in [4.69, 9.17) is 11.6 Å². The van der Waals surface area contributed by atoms with E-state index in [2.05, 4.69) is 5.32 Å². The zero-order valence-electron chi connectivity index (χ0n) is 10.0. The smallest absolute Gasteiger partial charge is 0.182 e. The molecule has 1 aliphatic heterocycles. The number of halogens is 1. The van der Waals surface area contributed by atoms with Gasteiger partial charge < -0.3 is 5.32 Å². The molecule has 2 fully saturated rings. The molecule has 3 nitrogen and oxygen atoms in total. The molecule has 1 N–H and O–H groups in total. The van der Waals surface area contributed by atoms with Crippen LogP contribution in [0.25, 0.3) is 0 Å². The second-order valence-electron chi connectivity index (χ2n) is 5.12. The quantitative estimate of drug-likeness (QED) is 0.927. The van der Waals surface area contributed by atoms with Gasteiger partial charge in [0, 0.05) is 6.54 Å². The molecule has 5 heteroatoms. The van der Waals surface area contributed by atoms with Gasteiger partial charge in [0.05, 0.1) is 15.2 Å². The van der Waals surface area contributed by atoms with E-state index >= 15 is 0 Å². The Morgan fingerprint density at radius 1 is 1.22 bits per heavy atom. The number of hydrogen-bond donors (Lipinski definition) is 1. The first-order chi connectivity index (χ1) is 8.59. The second kappa shape index (κ2) is 4.51. The second-order valence-corrected chi connectivity index (χ2v) is 7.73. The maximum atomic E-state index is 12.2. The number of sulfone groups is 1.